The fourth-order valence-corrected chi connectivity index (χ4v) is 5.15. The van der Waals surface area contributed by atoms with E-state index in [1.807, 2.05) is 49.3 Å². The van der Waals surface area contributed by atoms with Gasteiger partial charge in [0.15, 0.2) is 0 Å². The largest absolute Gasteiger partial charge is 0.497 e. The lowest BCUT2D eigenvalue weighted by molar-refractivity contribution is -0.0199. The number of rotatable bonds is 8. The smallest absolute Gasteiger partial charge is 0.255 e. The Morgan fingerprint density at radius 2 is 1.85 bits per heavy atom. The topological polar surface area (TPSA) is 76.2 Å². The van der Waals surface area contributed by atoms with Gasteiger partial charge < -0.3 is 24.4 Å². The number of carbonyl (C=O) groups excluding carboxylic acids is 1. The first-order chi connectivity index (χ1) is 16.5. The molecule has 8 nitrogen and oxygen atoms in total. The number of benzene rings is 1. The molecule has 1 saturated carbocycles. The lowest BCUT2D eigenvalue weighted by Crippen LogP contribution is -2.57. The fourth-order valence-electron chi connectivity index (χ4n) is 5.15. The number of carbonyl (C=O) groups is 1. The van der Waals surface area contributed by atoms with Gasteiger partial charge in [0.1, 0.15) is 17.3 Å². The Bertz CT molecular complexity index is 998. The van der Waals surface area contributed by atoms with Crippen LogP contribution in [0.1, 0.15) is 36.0 Å². The van der Waals surface area contributed by atoms with Crippen LogP contribution < -0.4 is 19.7 Å². The zero-order chi connectivity index (χ0) is 24.1. The maximum Gasteiger partial charge on any atom is 0.255 e. The lowest BCUT2D eigenvalue weighted by atomic mass is 9.94. The highest BCUT2D eigenvalue weighted by molar-refractivity contribution is 5.99. The number of anilines is 1. The van der Waals surface area contributed by atoms with Crippen LogP contribution in [-0.4, -0.2) is 82.5 Å². The van der Waals surface area contributed by atoms with Crippen LogP contribution in [0.5, 0.6) is 11.5 Å². The number of morpholine rings is 1. The van der Waals surface area contributed by atoms with Gasteiger partial charge in [-0.25, -0.2) is 4.98 Å². The summed E-state index contributed by atoms with van der Waals surface area (Å²) < 4.78 is 16.5. The molecule has 1 saturated heterocycles. The number of ether oxygens (including phenoxy) is 3. The summed E-state index contributed by atoms with van der Waals surface area (Å²) in [5.74, 6) is 1.94. The molecule has 4 rings (SSSR count). The predicted molar refractivity (Wildman–Crippen MR) is 133 cm³/mol. The second-order valence-corrected chi connectivity index (χ2v) is 9.24. The van der Waals surface area contributed by atoms with Gasteiger partial charge in [-0.2, -0.15) is 0 Å². The Hall–Kier alpha value is -2.84. The minimum atomic E-state index is -0.0973. The van der Waals surface area contributed by atoms with E-state index in [4.69, 9.17) is 19.2 Å². The van der Waals surface area contributed by atoms with E-state index in [2.05, 4.69) is 10.2 Å². The number of hydrogen-bond acceptors (Lipinski definition) is 7. The summed E-state index contributed by atoms with van der Waals surface area (Å²) in [6.45, 7) is 4.03. The van der Waals surface area contributed by atoms with Crippen molar-refractivity contribution in [2.75, 3.05) is 66.1 Å². The van der Waals surface area contributed by atoms with Gasteiger partial charge in [0.05, 0.1) is 38.7 Å². The van der Waals surface area contributed by atoms with Crippen LogP contribution in [0.4, 0.5) is 5.82 Å². The summed E-state index contributed by atoms with van der Waals surface area (Å²) in [5, 5.41) is 3.24. The van der Waals surface area contributed by atoms with Gasteiger partial charge in [-0.3, -0.25) is 9.69 Å². The van der Waals surface area contributed by atoms with Gasteiger partial charge in [-0.05, 0) is 43.2 Å². The molecule has 0 spiro atoms. The SMILES string of the molecule is COc1ccc(OC)c(-c2ccc(C(=O)NCC3(N4CCOCC4)CCCC3)c(N(C)C)n2)c1. The van der Waals surface area contributed by atoms with Crippen molar-refractivity contribution in [2.45, 2.75) is 31.2 Å². The van der Waals surface area contributed by atoms with Crippen molar-refractivity contribution >= 4 is 11.7 Å². The molecule has 1 aliphatic heterocycles. The van der Waals surface area contributed by atoms with Crippen LogP contribution in [0.15, 0.2) is 30.3 Å². The van der Waals surface area contributed by atoms with Crippen molar-refractivity contribution in [1.29, 1.82) is 0 Å². The normalized spacial score (nSPS) is 17.9. The first-order valence-electron chi connectivity index (χ1n) is 12.0. The molecule has 0 atom stereocenters. The third-order valence-electron chi connectivity index (χ3n) is 7.02. The third kappa shape index (κ3) is 4.98. The standard InChI is InChI=1S/C26H36N4O4/c1-29(2)24-20(8-9-22(28-24)21-17-19(32-3)7-10-23(21)33-4)25(31)27-18-26(11-5-6-12-26)30-13-15-34-16-14-30/h7-10,17H,5-6,11-16,18H2,1-4H3,(H,27,31). The second-order valence-electron chi connectivity index (χ2n) is 9.24. The number of nitrogens with zero attached hydrogens (tertiary/aromatic N) is 3. The van der Waals surface area contributed by atoms with E-state index >= 15 is 0 Å². The minimum Gasteiger partial charge on any atom is -0.497 e. The number of aromatic nitrogens is 1. The Labute approximate surface area is 202 Å². The van der Waals surface area contributed by atoms with Gasteiger partial charge in [-0.1, -0.05) is 12.8 Å². The molecule has 0 bridgehead atoms. The Morgan fingerprint density at radius 3 is 2.50 bits per heavy atom. The molecule has 2 fully saturated rings. The quantitative estimate of drug-likeness (QED) is 0.638. The van der Waals surface area contributed by atoms with E-state index in [-0.39, 0.29) is 11.4 Å². The van der Waals surface area contributed by atoms with E-state index in [0.29, 0.717) is 23.7 Å². The number of pyridine rings is 1. The molecule has 2 heterocycles. The summed E-state index contributed by atoms with van der Waals surface area (Å²) >= 11 is 0. The summed E-state index contributed by atoms with van der Waals surface area (Å²) in [5.41, 5.74) is 2.12. The van der Waals surface area contributed by atoms with E-state index in [1.165, 1.54) is 12.8 Å². The van der Waals surface area contributed by atoms with E-state index in [0.717, 1.165) is 56.2 Å². The highest BCUT2D eigenvalue weighted by atomic mass is 16.5. The van der Waals surface area contributed by atoms with Crippen molar-refractivity contribution in [3.8, 4) is 22.8 Å². The van der Waals surface area contributed by atoms with Crippen LogP contribution in [0.25, 0.3) is 11.3 Å². The van der Waals surface area contributed by atoms with Crippen molar-refractivity contribution in [3.05, 3.63) is 35.9 Å². The molecule has 1 aromatic heterocycles. The minimum absolute atomic E-state index is 0.0268. The zero-order valence-electron chi connectivity index (χ0n) is 20.7. The first-order valence-corrected chi connectivity index (χ1v) is 12.0. The molecule has 2 aromatic rings. The maximum absolute atomic E-state index is 13.4. The molecule has 8 heteroatoms. The number of hydrogen-bond donors (Lipinski definition) is 1. The molecule has 1 amide bonds. The van der Waals surface area contributed by atoms with Crippen LogP contribution in [-0.2, 0) is 4.74 Å². The van der Waals surface area contributed by atoms with Crippen LogP contribution in [0.2, 0.25) is 0 Å². The maximum atomic E-state index is 13.4. The molecule has 2 aliphatic rings. The highest BCUT2D eigenvalue weighted by Crippen LogP contribution is 2.36. The summed E-state index contributed by atoms with van der Waals surface area (Å²) in [6, 6.07) is 9.32. The fraction of sp³-hybridized carbons (Fsp3) is 0.538. The first kappa shape index (κ1) is 24.3. The summed E-state index contributed by atoms with van der Waals surface area (Å²) in [6.07, 6.45) is 4.63. The van der Waals surface area contributed by atoms with Crippen molar-refractivity contribution in [2.24, 2.45) is 0 Å². The number of nitrogens with one attached hydrogen (secondary N) is 1. The molecule has 1 aliphatic carbocycles. The van der Waals surface area contributed by atoms with Gasteiger partial charge in [0.25, 0.3) is 5.91 Å². The number of methoxy groups -OCH3 is 2. The predicted octanol–water partition coefficient (Wildman–Crippen LogP) is 3.21. The highest BCUT2D eigenvalue weighted by Gasteiger charge is 2.40. The summed E-state index contributed by atoms with van der Waals surface area (Å²) in [4.78, 5) is 22.6. The number of amides is 1. The second kappa shape index (κ2) is 10.6. The van der Waals surface area contributed by atoms with Gasteiger partial charge in [-0.15, -0.1) is 0 Å². The molecule has 0 unspecified atom stereocenters. The van der Waals surface area contributed by atoms with Gasteiger partial charge >= 0.3 is 0 Å². The molecule has 0 radical (unpaired) electrons. The Morgan fingerprint density at radius 1 is 1.12 bits per heavy atom. The van der Waals surface area contributed by atoms with Gasteiger partial charge in [0.2, 0.25) is 0 Å². The zero-order valence-corrected chi connectivity index (χ0v) is 20.7. The molecular weight excluding hydrogens is 432 g/mol. The summed E-state index contributed by atoms with van der Waals surface area (Å²) in [7, 11) is 7.06. The van der Waals surface area contributed by atoms with E-state index < -0.39 is 0 Å². The third-order valence-corrected chi connectivity index (χ3v) is 7.02. The molecule has 34 heavy (non-hydrogen) atoms. The van der Waals surface area contributed by atoms with Crippen molar-refractivity contribution in [3.63, 3.8) is 0 Å². The van der Waals surface area contributed by atoms with Crippen molar-refractivity contribution < 1.29 is 19.0 Å². The van der Waals surface area contributed by atoms with Crippen LogP contribution in [0, 0.1) is 0 Å². The molecule has 1 N–H and O–H groups in total. The lowest BCUT2D eigenvalue weighted by Gasteiger charge is -2.43. The van der Waals surface area contributed by atoms with E-state index in [9.17, 15) is 4.79 Å². The Balaban J connectivity index is 1.58. The monoisotopic (exact) mass is 468 g/mol. The molecular formula is C26H36N4O4. The van der Waals surface area contributed by atoms with Crippen LogP contribution >= 0.6 is 0 Å². The Kier molecular flexibility index (Phi) is 7.58. The van der Waals surface area contributed by atoms with Gasteiger partial charge in [0, 0.05) is 44.8 Å². The molecule has 184 valence electrons. The average molecular weight is 469 g/mol. The van der Waals surface area contributed by atoms with Crippen molar-refractivity contribution in [1.82, 2.24) is 15.2 Å². The van der Waals surface area contributed by atoms with E-state index in [1.54, 1.807) is 14.2 Å². The molecule has 1 aromatic carbocycles. The average Bonchev–Trinajstić information content (AvgIpc) is 3.37. The van der Waals surface area contributed by atoms with Crippen LogP contribution in [0.3, 0.4) is 0 Å².